The van der Waals surface area contributed by atoms with Gasteiger partial charge in [-0.05, 0) is 37.3 Å². The van der Waals surface area contributed by atoms with Crippen LogP contribution in [0.5, 0.6) is 0 Å². The number of anilines is 2. The van der Waals surface area contributed by atoms with Gasteiger partial charge in [-0.3, -0.25) is 4.57 Å². The quantitative estimate of drug-likeness (QED) is 0.716. The summed E-state index contributed by atoms with van der Waals surface area (Å²) in [5, 5.41) is 4.36. The Labute approximate surface area is 133 Å². The van der Waals surface area contributed by atoms with E-state index < -0.39 is 0 Å². The molecule has 1 aromatic heterocycles. The highest BCUT2D eigenvalue weighted by Gasteiger charge is 2.09. The Morgan fingerprint density at radius 3 is 2.48 bits per heavy atom. The highest BCUT2D eigenvalue weighted by Crippen LogP contribution is 2.27. The van der Waals surface area contributed by atoms with Crippen LogP contribution in [0.1, 0.15) is 5.69 Å². The SMILES string of the molecule is Cc1cn(-c2ccc(Cl)c(Cl)c2)c(Nc2ccccc2)n1. The molecule has 0 radical (unpaired) electrons. The molecule has 0 aliphatic carbocycles. The second-order valence-corrected chi connectivity index (χ2v) is 5.48. The normalized spacial score (nSPS) is 10.6. The Morgan fingerprint density at radius 2 is 1.76 bits per heavy atom. The van der Waals surface area contributed by atoms with E-state index in [0.717, 1.165) is 23.0 Å². The van der Waals surface area contributed by atoms with Crippen molar-refractivity contribution in [2.24, 2.45) is 0 Å². The molecule has 0 aliphatic heterocycles. The van der Waals surface area contributed by atoms with E-state index in [-0.39, 0.29) is 0 Å². The molecule has 1 heterocycles. The molecule has 106 valence electrons. The summed E-state index contributed by atoms with van der Waals surface area (Å²) >= 11 is 12.1. The number of para-hydroxylation sites is 1. The van der Waals surface area contributed by atoms with Gasteiger partial charge < -0.3 is 5.32 Å². The third-order valence-corrected chi connectivity index (χ3v) is 3.78. The zero-order valence-electron chi connectivity index (χ0n) is 11.3. The first-order valence-electron chi connectivity index (χ1n) is 6.47. The predicted molar refractivity (Wildman–Crippen MR) is 88.0 cm³/mol. The molecule has 3 nitrogen and oxygen atoms in total. The summed E-state index contributed by atoms with van der Waals surface area (Å²) in [4.78, 5) is 4.51. The molecule has 0 aliphatic rings. The minimum absolute atomic E-state index is 0.520. The molecule has 0 saturated heterocycles. The van der Waals surface area contributed by atoms with Gasteiger partial charge in [0.25, 0.3) is 0 Å². The van der Waals surface area contributed by atoms with Crippen LogP contribution in [-0.2, 0) is 0 Å². The lowest BCUT2D eigenvalue weighted by Gasteiger charge is -2.10. The Balaban J connectivity index is 2.01. The Kier molecular flexibility index (Phi) is 3.86. The van der Waals surface area contributed by atoms with Crippen LogP contribution in [0.15, 0.2) is 54.7 Å². The van der Waals surface area contributed by atoms with Crippen molar-refractivity contribution in [1.82, 2.24) is 9.55 Å². The number of nitrogens with one attached hydrogen (secondary N) is 1. The number of rotatable bonds is 3. The van der Waals surface area contributed by atoms with E-state index in [1.165, 1.54) is 0 Å². The lowest BCUT2D eigenvalue weighted by Crippen LogP contribution is -2.01. The molecule has 0 fully saturated rings. The fourth-order valence-electron chi connectivity index (χ4n) is 2.07. The van der Waals surface area contributed by atoms with Crippen LogP contribution >= 0.6 is 23.2 Å². The first-order chi connectivity index (χ1) is 10.1. The zero-order valence-corrected chi connectivity index (χ0v) is 12.9. The number of halogens is 2. The van der Waals surface area contributed by atoms with Crippen LogP contribution in [-0.4, -0.2) is 9.55 Å². The van der Waals surface area contributed by atoms with Gasteiger partial charge in [-0.25, -0.2) is 4.98 Å². The average molecular weight is 318 g/mol. The highest BCUT2D eigenvalue weighted by atomic mass is 35.5. The maximum Gasteiger partial charge on any atom is 0.212 e. The van der Waals surface area contributed by atoms with Gasteiger partial charge in [0, 0.05) is 11.9 Å². The lowest BCUT2D eigenvalue weighted by atomic mass is 10.3. The third kappa shape index (κ3) is 3.04. The van der Waals surface area contributed by atoms with Crippen molar-refractivity contribution in [1.29, 1.82) is 0 Å². The van der Waals surface area contributed by atoms with E-state index in [0.29, 0.717) is 10.0 Å². The van der Waals surface area contributed by atoms with Crippen molar-refractivity contribution in [3.05, 3.63) is 70.5 Å². The summed E-state index contributed by atoms with van der Waals surface area (Å²) in [6.45, 7) is 1.95. The second-order valence-electron chi connectivity index (χ2n) is 4.67. The van der Waals surface area contributed by atoms with Gasteiger partial charge in [0.05, 0.1) is 21.4 Å². The smallest absolute Gasteiger partial charge is 0.212 e. The topological polar surface area (TPSA) is 29.9 Å². The van der Waals surface area contributed by atoms with Gasteiger partial charge in [0.2, 0.25) is 5.95 Å². The Bertz CT molecular complexity index is 766. The maximum atomic E-state index is 6.10. The molecule has 0 amide bonds. The molecule has 0 unspecified atom stereocenters. The minimum atomic E-state index is 0.520. The van der Waals surface area contributed by atoms with Crippen molar-refractivity contribution in [2.45, 2.75) is 6.92 Å². The van der Waals surface area contributed by atoms with E-state index in [9.17, 15) is 0 Å². The standard InChI is InChI=1S/C16H13Cl2N3/c1-11-10-21(13-7-8-14(17)15(18)9-13)16(19-11)20-12-5-3-2-4-6-12/h2-10H,1H3,(H,19,20). The molecule has 5 heteroatoms. The number of hydrogen-bond acceptors (Lipinski definition) is 2. The first kappa shape index (κ1) is 14.0. The zero-order chi connectivity index (χ0) is 14.8. The van der Waals surface area contributed by atoms with Gasteiger partial charge >= 0.3 is 0 Å². The highest BCUT2D eigenvalue weighted by molar-refractivity contribution is 6.42. The molecular formula is C16H13Cl2N3. The van der Waals surface area contributed by atoms with Crippen LogP contribution in [0.25, 0.3) is 5.69 Å². The minimum Gasteiger partial charge on any atom is -0.325 e. The molecule has 1 N–H and O–H groups in total. The molecular weight excluding hydrogens is 305 g/mol. The maximum absolute atomic E-state index is 6.10. The van der Waals surface area contributed by atoms with E-state index in [1.54, 1.807) is 6.07 Å². The summed E-state index contributed by atoms with van der Waals surface area (Å²) in [7, 11) is 0. The van der Waals surface area contributed by atoms with E-state index in [4.69, 9.17) is 23.2 Å². The summed E-state index contributed by atoms with van der Waals surface area (Å²) in [6.07, 6.45) is 1.95. The van der Waals surface area contributed by atoms with Crippen molar-refractivity contribution in [2.75, 3.05) is 5.32 Å². The molecule has 0 spiro atoms. The predicted octanol–water partition coefficient (Wildman–Crippen LogP) is 5.23. The van der Waals surface area contributed by atoms with Gasteiger partial charge in [0.15, 0.2) is 0 Å². The summed E-state index contributed by atoms with van der Waals surface area (Å²) in [5.74, 6) is 0.733. The van der Waals surface area contributed by atoms with Gasteiger partial charge in [0.1, 0.15) is 0 Å². The average Bonchev–Trinajstić information content (AvgIpc) is 2.84. The first-order valence-corrected chi connectivity index (χ1v) is 7.22. The van der Waals surface area contributed by atoms with Crippen LogP contribution in [0.3, 0.4) is 0 Å². The largest absolute Gasteiger partial charge is 0.325 e. The molecule has 21 heavy (non-hydrogen) atoms. The van der Waals surface area contributed by atoms with Gasteiger partial charge in [-0.1, -0.05) is 41.4 Å². The Morgan fingerprint density at radius 1 is 1.00 bits per heavy atom. The van der Waals surface area contributed by atoms with E-state index in [1.807, 2.05) is 60.2 Å². The van der Waals surface area contributed by atoms with Crippen molar-refractivity contribution in [3.8, 4) is 5.69 Å². The van der Waals surface area contributed by atoms with Crippen molar-refractivity contribution >= 4 is 34.8 Å². The number of aryl methyl sites for hydroxylation is 1. The molecule has 0 bridgehead atoms. The fourth-order valence-corrected chi connectivity index (χ4v) is 2.36. The van der Waals surface area contributed by atoms with Gasteiger partial charge in [-0.15, -0.1) is 0 Å². The van der Waals surface area contributed by atoms with Crippen molar-refractivity contribution < 1.29 is 0 Å². The van der Waals surface area contributed by atoms with Crippen molar-refractivity contribution in [3.63, 3.8) is 0 Å². The fraction of sp³-hybridized carbons (Fsp3) is 0.0625. The number of aromatic nitrogens is 2. The second kappa shape index (κ2) is 5.80. The molecule has 0 atom stereocenters. The number of hydrogen-bond donors (Lipinski definition) is 1. The number of nitrogens with zero attached hydrogens (tertiary/aromatic N) is 2. The monoisotopic (exact) mass is 317 g/mol. The van der Waals surface area contributed by atoms with E-state index in [2.05, 4.69) is 10.3 Å². The molecule has 3 aromatic rings. The Hall–Kier alpha value is -1.97. The van der Waals surface area contributed by atoms with Crippen LogP contribution in [0.4, 0.5) is 11.6 Å². The number of imidazole rings is 1. The van der Waals surface area contributed by atoms with Gasteiger partial charge in [-0.2, -0.15) is 0 Å². The lowest BCUT2D eigenvalue weighted by molar-refractivity contribution is 1.06. The molecule has 2 aromatic carbocycles. The molecule has 3 rings (SSSR count). The van der Waals surface area contributed by atoms with E-state index >= 15 is 0 Å². The van der Waals surface area contributed by atoms with Crippen LogP contribution in [0, 0.1) is 6.92 Å². The summed E-state index contributed by atoms with van der Waals surface area (Å²) in [5.41, 5.74) is 2.80. The van der Waals surface area contributed by atoms with Crippen LogP contribution in [0.2, 0.25) is 10.0 Å². The van der Waals surface area contributed by atoms with Crippen LogP contribution < -0.4 is 5.32 Å². The molecule has 0 saturated carbocycles. The third-order valence-electron chi connectivity index (χ3n) is 3.04. The number of benzene rings is 2. The summed E-state index contributed by atoms with van der Waals surface area (Å²) < 4.78 is 1.95. The summed E-state index contributed by atoms with van der Waals surface area (Å²) in [6, 6.07) is 15.4.